The van der Waals surface area contributed by atoms with Crippen LogP contribution in [-0.2, 0) is 20.9 Å². The van der Waals surface area contributed by atoms with Crippen LogP contribution in [-0.4, -0.2) is 28.8 Å². The smallest absolute Gasteiger partial charge is 0.307 e. The van der Waals surface area contributed by atoms with Gasteiger partial charge < -0.3 is 10.1 Å². The molecule has 0 radical (unpaired) electrons. The highest BCUT2D eigenvalue weighted by molar-refractivity contribution is 7.10. The molecule has 0 aromatic carbocycles. The van der Waals surface area contributed by atoms with Crippen LogP contribution in [0.4, 0.5) is 0 Å². The predicted molar refractivity (Wildman–Crippen MR) is 78.7 cm³/mol. The van der Waals surface area contributed by atoms with E-state index in [1.807, 2.05) is 23.6 Å². The number of thiophene rings is 1. The second-order valence-electron chi connectivity index (χ2n) is 4.43. The normalized spacial score (nSPS) is 11.9. The Morgan fingerprint density at radius 1 is 1.48 bits per heavy atom. The van der Waals surface area contributed by atoms with E-state index in [1.165, 1.54) is 18.4 Å². The van der Waals surface area contributed by atoms with Gasteiger partial charge in [0.1, 0.15) is 0 Å². The van der Waals surface area contributed by atoms with Gasteiger partial charge in [-0.25, -0.2) is 0 Å². The average Bonchev–Trinajstić information content (AvgIpc) is 3.17. The fraction of sp³-hybridized carbons (Fsp3) is 0.357. The fourth-order valence-corrected chi connectivity index (χ4v) is 2.66. The Morgan fingerprint density at radius 2 is 2.33 bits per heavy atom. The molecule has 0 spiro atoms. The maximum Gasteiger partial charge on any atom is 0.307 e. The van der Waals surface area contributed by atoms with Crippen LogP contribution in [0.25, 0.3) is 0 Å². The van der Waals surface area contributed by atoms with Crippen molar-refractivity contribution in [2.45, 2.75) is 25.4 Å². The molecule has 0 aliphatic heterocycles. The summed E-state index contributed by atoms with van der Waals surface area (Å²) in [5.74, 6) is -0.464. The number of amides is 1. The average molecular weight is 307 g/mol. The lowest BCUT2D eigenvalue weighted by molar-refractivity contribution is -0.141. The van der Waals surface area contributed by atoms with Crippen LogP contribution >= 0.6 is 11.3 Å². The molecule has 0 bridgehead atoms. The zero-order valence-corrected chi connectivity index (χ0v) is 12.5. The molecule has 112 valence electrons. The van der Waals surface area contributed by atoms with Crippen molar-refractivity contribution in [2.75, 3.05) is 7.11 Å². The lowest BCUT2D eigenvalue weighted by Gasteiger charge is -2.16. The summed E-state index contributed by atoms with van der Waals surface area (Å²) in [6.45, 7) is 0.508. The SMILES string of the molecule is COC(=O)C[C@H](NC(=O)CCn1cccn1)c1cccs1. The number of nitrogens with zero attached hydrogens (tertiary/aromatic N) is 2. The lowest BCUT2D eigenvalue weighted by atomic mass is 10.1. The molecule has 0 unspecified atom stereocenters. The fourth-order valence-electron chi connectivity index (χ4n) is 1.88. The van der Waals surface area contributed by atoms with Crippen molar-refractivity contribution < 1.29 is 14.3 Å². The Balaban J connectivity index is 1.91. The molecule has 2 aromatic rings. The Kier molecular flexibility index (Phi) is 5.51. The highest BCUT2D eigenvalue weighted by Crippen LogP contribution is 2.22. The molecule has 2 rings (SSSR count). The molecule has 0 saturated carbocycles. The van der Waals surface area contributed by atoms with Crippen molar-refractivity contribution in [1.82, 2.24) is 15.1 Å². The zero-order chi connectivity index (χ0) is 15.1. The summed E-state index contributed by atoms with van der Waals surface area (Å²) in [7, 11) is 1.34. The molecule has 1 amide bonds. The van der Waals surface area contributed by atoms with E-state index in [9.17, 15) is 9.59 Å². The minimum Gasteiger partial charge on any atom is -0.469 e. The summed E-state index contributed by atoms with van der Waals surface area (Å²) in [6, 6.07) is 5.25. The molecule has 2 aromatic heterocycles. The first-order valence-corrected chi connectivity index (χ1v) is 7.44. The van der Waals surface area contributed by atoms with Crippen LogP contribution in [0.2, 0.25) is 0 Å². The van der Waals surface area contributed by atoms with Gasteiger partial charge in [-0.3, -0.25) is 14.3 Å². The van der Waals surface area contributed by atoms with Gasteiger partial charge in [0.15, 0.2) is 0 Å². The third-order valence-electron chi connectivity index (χ3n) is 2.95. The molecule has 0 aliphatic rings. The Hall–Kier alpha value is -2.15. The summed E-state index contributed by atoms with van der Waals surface area (Å²) < 4.78 is 6.37. The predicted octanol–water partition coefficient (Wildman–Crippen LogP) is 1.76. The number of carbonyl (C=O) groups excluding carboxylic acids is 2. The van der Waals surface area contributed by atoms with Gasteiger partial charge in [0, 0.05) is 30.2 Å². The maximum atomic E-state index is 12.0. The first kappa shape index (κ1) is 15.2. The van der Waals surface area contributed by atoms with E-state index in [0.717, 1.165) is 4.88 Å². The summed E-state index contributed by atoms with van der Waals surface area (Å²) in [5, 5.41) is 8.83. The largest absolute Gasteiger partial charge is 0.469 e. The molecular weight excluding hydrogens is 290 g/mol. The van der Waals surface area contributed by atoms with Crippen LogP contribution in [0, 0.1) is 0 Å². The number of ether oxygens (including phenoxy) is 1. The van der Waals surface area contributed by atoms with Crippen LogP contribution < -0.4 is 5.32 Å². The number of aryl methyl sites for hydroxylation is 1. The minimum absolute atomic E-state index is 0.118. The Morgan fingerprint density at radius 3 is 2.95 bits per heavy atom. The summed E-state index contributed by atoms with van der Waals surface area (Å²) >= 11 is 1.50. The number of nitrogens with one attached hydrogen (secondary N) is 1. The molecule has 7 heteroatoms. The molecule has 0 fully saturated rings. The van der Waals surface area contributed by atoms with Crippen LogP contribution in [0.1, 0.15) is 23.8 Å². The van der Waals surface area contributed by atoms with Crippen molar-refractivity contribution in [1.29, 1.82) is 0 Å². The van der Waals surface area contributed by atoms with Crippen molar-refractivity contribution in [3.8, 4) is 0 Å². The molecule has 6 nitrogen and oxygen atoms in total. The minimum atomic E-state index is -0.347. The Bertz CT molecular complexity index is 566. The summed E-state index contributed by atoms with van der Waals surface area (Å²) in [4.78, 5) is 24.4. The van der Waals surface area contributed by atoms with E-state index in [4.69, 9.17) is 0 Å². The number of methoxy groups -OCH3 is 1. The molecule has 2 heterocycles. The maximum absolute atomic E-state index is 12.0. The van der Waals surface area contributed by atoms with Crippen LogP contribution in [0.15, 0.2) is 36.0 Å². The monoisotopic (exact) mass is 307 g/mol. The van der Waals surface area contributed by atoms with E-state index in [-0.39, 0.29) is 24.3 Å². The number of aromatic nitrogens is 2. The molecule has 21 heavy (non-hydrogen) atoms. The van der Waals surface area contributed by atoms with Crippen molar-refractivity contribution in [2.24, 2.45) is 0 Å². The number of carbonyl (C=O) groups is 2. The van der Waals surface area contributed by atoms with E-state index < -0.39 is 0 Å². The van der Waals surface area contributed by atoms with E-state index in [0.29, 0.717) is 13.0 Å². The molecule has 0 aliphatic carbocycles. The van der Waals surface area contributed by atoms with Crippen molar-refractivity contribution in [3.05, 3.63) is 40.8 Å². The second kappa shape index (κ2) is 7.58. The van der Waals surface area contributed by atoms with E-state index in [2.05, 4.69) is 15.2 Å². The standard InChI is InChI=1S/C14H17N3O3S/c1-20-14(19)10-11(12-4-2-9-21-12)16-13(18)5-8-17-7-3-6-15-17/h2-4,6-7,9,11H,5,8,10H2,1H3,(H,16,18)/t11-/m0/s1. The van der Waals surface area contributed by atoms with Crippen molar-refractivity contribution in [3.63, 3.8) is 0 Å². The van der Waals surface area contributed by atoms with Gasteiger partial charge in [0.25, 0.3) is 0 Å². The highest BCUT2D eigenvalue weighted by Gasteiger charge is 2.19. The zero-order valence-electron chi connectivity index (χ0n) is 11.7. The van der Waals surface area contributed by atoms with E-state index in [1.54, 1.807) is 17.1 Å². The van der Waals surface area contributed by atoms with Crippen molar-refractivity contribution >= 4 is 23.2 Å². The summed E-state index contributed by atoms with van der Waals surface area (Å²) in [5.41, 5.74) is 0. The summed E-state index contributed by atoms with van der Waals surface area (Å²) in [6.07, 6.45) is 3.91. The topological polar surface area (TPSA) is 73.2 Å². The van der Waals surface area contributed by atoms with E-state index >= 15 is 0 Å². The third kappa shape index (κ3) is 4.71. The first-order valence-electron chi connectivity index (χ1n) is 6.56. The lowest BCUT2D eigenvalue weighted by Crippen LogP contribution is -2.30. The second-order valence-corrected chi connectivity index (χ2v) is 5.41. The van der Waals surface area contributed by atoms with Gasteiger partial charge >= 0.3 is 5.97 Å². The Labute approximate surface area is 126 Å². The molecule has 1 N–H and O–H groups in total. The number of rotatable bonds is 7. The number of esters is 1. The van der Waals surface area contributed by atoms with Crippen LogP contribution in [0.3, 0.4) is 0 Å². The number of hydrogen-bond donors (Lipinski definition) is 1. The quantitative estimate of drug-likeness (QED) is 0.791. The van der Waals surface area contributed by atoms with Gasteiger partial charge in [-0.2, -0.15) is 5.10 Å². The highest BCUT2D eigenvalue weighted by atomic mass is 32.1. The third-order valence-corrected chi connectivity index (χ3v) is 3.93. The van der Waals surface area contributed by atoms with Gasteiger partial charge in [0.05, 0.1) is 19.6 Å². The van der Waals surface area contributed by atoms with Gasteiger partial charge in [-0.05, 0) is 17.5 Å². The first-order chi connectivity index (χ1) is 10.2. The van der Waals surface area contributed by atoms with Gasteiger partial charge in [-0.1, -0.05) is 6.07 Å². The number of hydrogen-bond acceptors (Lipinski definition) is 5. The molecule has 0 saturated heterocycles. The van der Waals surface area contributed by atoms with Crippen LogP contribution in [0.5, 0.6) is 0 Å². The van der Waals surface area contributed by atoms with Gasteiger partial charge in [-0.15, -0.1) is 11.3 Å². The molecular formula is C14H17N3O3S. The molecule has 1 atom stereocenters. The van der Waals surface area contributed by atoms with Gasteiger partial charge in [0.2, 0.25) is 5.91 Å².